The zero-order chi connectivity index (χ0) is 13.7. The Morgan fingerprint density at radius 3 is 2.95 bits per heavy atom. The van der Waals surface area contributed by atoms with E-state index in [1.165, 1.54) is 0 Å². The Bertz CT molecular complexity index is 405. The fraction of sp³-hybridized carbons (Fsp3) is 0.600. The minimum atomic E-state index is -0.767. The van der Waals surface area contributed by atoms with Crippen molar-refractivity contribution < 1.29 is 13.5 Å². The summed E-state index contributed by atoms with van der Waals surface area (Å²) in [4.78, 5) is 0. The van der Waals surface area contributed by atoms with Crippen LogP contribution in [0.1, 0.15) is 25.3 Å². The molecule has 0 aliphatic carbocycles. The second-order valence-electron chi connectivity index (χ2n) is 5.14. The summed E-state index contributed by atoms with van der Waals surface area (Å²) in [5, 5.41) is 3.36. The monoisotopic (exact) mass is 269 g/mol. The first-order valence-corrected chi connectivity index (χ1v) is 6.94. The van der Waals surface area contributed by atoms with Gasteiger partial charge >= 0.3 is 0 Å². The van der Waals surface area contributed by atoms with E-state index < -0.39 is 11.6 Å². The molecule has 1 aromatic rings. The Morgan fingerprint density at radius 1 is 1.42 bits per heavy atom. The van der Waals surface area contributed by atoms with Crippen LogP contribution in [0.5, 0.6) is 0 Å². The van der Waals surface area contributed by atoms with Gasteiger partial charge in [-0.1, -0.05) is 19.1 Å². The maximum atomic E-state index is 13.7. The third kappa shape index (κ3) is 3.98. The number of hydrogen-bond acceptors (Lipinski definition) is 2. The van der Waals surface area contributed by atoms with Crippen molar-refractivity contribution in [2.45, 2.75) is 32.2 Å². The predicted molar refractivity (Wildman–Crippen MR) is 71.1 cm³/mol. The molecule has 1 fully saturated rings. The van der Waals surface area contributed by atoms with Gasteiger partial charge in [0.2, 0.25) is 0 Å². The van der Waals surface area contributed by atoms with E-state index in [2.05, 4.69) is 5.32 Å². The second-order valence-corrected chi connectivity index (χ2v) is 5.14. The van der Waals surface area contributed by atoms with Crippen LogP contribution in [0.15, 0.2) is 18.2 Å². The average molecular weight is 269 g/mol. The molecule has 2 nitrogen and oxygen atoms in total. The first kappa shape index (κ1) is 14.4. The molecule has 0 radical (unpaired) electrons. The van der Waals surface area contributed by atoms with Gasteiger partial charge in [-0.15, -0.1) is 0 Å². The van der Waals surface area contributed by atoms with Crippen molar-refractivity contribution >= 4 is 0 Å². The number of nitrogens with one attached hydrogen (secondary N) is 1. The van der Waals surface area contributed by atoms with E-state index in [1.807, 2.05) is 6.92 Å². The summed E-state index contributed by atoms with van der Waals surface area (Å²) in [6, 6.07) is 4.56. The van der Waals surface area contributed by atoms with Gasteiger partial charge in [-0.2, -0.15) is 0 Å². The average Bonchev–Trinajstić information content (AvgIpc) is 2.88. The van der Waals surface area contributed by atoms with E-state index in [0.717, 1.165) is 38.7 Å². The highest BCUT2D eigenvalue weighted by Gasteiger charge is 2.21. The lowest BCUT2D eigenvalue weighted by Gasteiger charge is -2.21. The van der Waals surface area contributed by atoms with Crippen molar-refractivity contribution in [1.82, 2.24) is 5.32 Å². The van der Waals surface area contributed by atoms with Crippen LogP contribution in [-0.4, -0.2) is 25.8 Å². The molecule has 19 heavy (non-hydrogen) atoms. The number of benzene rings is 1. The molecule has 4 heteroatoms. The molecule has 1 N–H and O–H groups in total. The molecule has 1 aliphatic heterocycles. The summed E-state index contributed by atoms with van der Waals surface area (Å²) in [7, 11) is 0. The third-order valence-electron chi connectivity index (χ3n) is 3.63. The second kappa shape index (κ2) is 6.96. The van der Waals surface area contributed by atoms with Gasteiger partial charge in [0, 0.05) is 19.3 Å². The predicted octanol–water partition coefficient (Wildman–Crippen LogP) is 2.91. The Hall–Kier alpha value is -1.00. The lowest BCUT2D eigenvalue weighted by atomic mass is 9.94. The van der Waals surface area contributed by atoms with Gasteiger partial charge in [0.05, 0.1) is 0 Å². The van der Waals surface area contributed by atoms with Crippen LogP contribution in [0.4, 0.5) is 8.78 Å². The Balaban J connectivity index is 2.00. The fourth-order valence-electron chi connectivity index (χ4n) is 2.67. The van der Waals surface area contributed by atoms with Gasteiger partial charge in [0.1, 0.15) is 0 Å². The first-order valence-electron chi connectivity index (χ1n) is 6.94. The number of halogens is 2. The maximum Gasteiger partial charge on any atom is 0.162 e. The van der Waals surface area contributed by atoms with Gasteiger partial charge < -0.3 is 10.1 Å². The van der Waals surface area contributed by atoms with E-state index in [0.29, 0.717) is 17.9 Å². The largest absolute Gasteiger partial charge is 0.381 e. The van der Waals surface area contributed by atoms with E-state index in [1.54, 1.807) is 12.1 Å². The zero-order valence-corrected chi connectivity index (χ0v) is 11.3. The number of rotatable bonds is 6. The molecule has 0 spiro atoms. The third-order valence-corrected chi connectivity index (χ3v) is 3.63. The van der Waals surface area contributed by atoms with Crippen LogP contribution in [0.2, 0.25) is 0 Å². The molecule has 0 saturated carbocycles. The van der Waals surface area contributed by atoms with Crippen molar-refractivity contribution in [2.75, 3.05) is 19.8 Å². The minimum Gasteiger partial charge on any atom is -0.381 e. The van der Waals surface area contributed by atoms with Crippen LogP contribution in [0.3, 0.4) is 0 Å². The van der Waals surface area contributed by atoms with Gasteiger partial charge in [0.15, 0.2) is 11.6 Å². The van der Waals surface area contributed by atoms with Crippen LogP contribution < -0.4 is 5.32 Å². The molecule has 2 atom stereocenters. The van der Waals surface area contributed by atoms with Gasteiger partial charge in [-0.3, -0.25) is 0 Å². The highest BCUT2D eigenvalue weighted by Crippen LogP contribution is 2.21. The van der Waals surface area contributed by atoms with Crippen molar-refractivity contribution in [1.29, 1.82) is 0 Å². The molecule has 1 aromatic carbocycles. The first-order chi connectivity index (χ1) is 9.20. The van der Waals surface area contributed by atoms with Crippen molar-refractivity contribution in [2.24, 2.45) is 5.92 Å². The Kier molecular flexibility index (Phi) is 5.28. The maximum absolute atomic E-state index is 13.7. The Morgan fingerprint density at radius 2 is 2.26 bits per heavy atom. The van der Waals surface area contributed by atoms with Crippen LogP contribution >= 0.6 is 0 Å². The number of hydrogen-bond donors (Lipinski definition) is 1. The summed E-state index contributed by atoms with van der Waals surface area (Å²) in [6.07, 6.45) is 2.53. The fourth-order valence-corrected chi connectivity index (χ4v) is 2.67. The van der Waals surface area contributed by atoms with E-state index in [-0.39, 0.29) is 6.04 Å². The van der Waals surface area contributed by atoms with E-state index >= 15 is 0 Å². The standard InChI is InChI=1S/C15H21F2NO/c1-2-18-13(8-11-6-7-19-10-11)9-12-4-3-5-14(16)15(12)17/h3-5,11,13,18H,2,6-10H2,1H3. The van der Waals surface area contributed by atoms with Crippen molar-refractivity contribution in [3.05, 3.63) is 35.4 Å². The molecule has 1 aliphatic rings. The summed E-state index contributed by atoms with van der Waals surface area (Å²) in [5.74, 6) is -0.953. The molecule has 1 heterocycles. The van der Waals surface area contributed by atoms with E-state index in [4.69, 9.17) is 4.74 Å². The summed E-state index contributed by atoms with van der Waals surface area (Å²) in [6.45, 7) is 4.46. The van der Waals surface area contributed by atoms with Crippen LogP contribution in [0, 0.1) is 17.6 Å². The quantitative estimate of drug-likeness (QED) is 0.857. The van der Waals surface area contributed by atoms with Gasteiger partial charge in [0.25, 0.3) is 0 Å². The lowest BCUT2D eigenvalue weighted by Crippen LogP contribution is -2.33. The molecular weight excluding hydrogens is 248 g/mol. The smallest absolute Gasteiger partial charge is 0.162 e. The molecular formula is C15H21F2NO. The van der Waals surface area contributed by atoms with Gasteiger partial charge in [-0.05, 0) is 43.4 Å². The molecule has 2 rings (SSSR count). The topological polar surface area (TPSA) is 21.3 Å². The molecule has 0 amide bonds. The lowest BCUT2D eigenvalue weighted by molar-refractivity contribution is 0.181. The minimum absolute atomic E-state index is 0.174. The summed E-state index contributed by atoms with van der Waals surface area (Å²) >= 11 is 0. The molecule has 106 valence electrons. The number of ether oxygens (including phenoxy) is 1. The molecule has 1 saturated heterocycles. The summed E-state index contributed by atoms with van der Waals surface area (Å²) < 4.78 is 32.3. The van der Waals surface area contributed by atoms with Crippen LogP contribution in [-0.2, 0) is 11.2 Å². The Labute approximate surface area is 113 Å². The highest BCUT2D eigenvalue weighted by atomic mass is 19.2. The number of likely N-dealkylation sites (N-methyl/N-ethyl adjacent to an activating group) is 1. The summed E-state index contributed by atoms with van der Waals surface area (Å²) in [5.41, 5.74) is 0.449. The van der Waals surface area contributed by atoms with Crippen molar-refractivity contribution in [3.63, 3.8) is 0 Å². The highest BCUT2D eigenvalue weighted by molar-refractivity contribution is 5.20. The van der Waals surface area contributed by atoms with E-state index in [9.17, 15) is 8.78 Å². The van der Waals surface area contributed by atoms with Gasteiger partial charge in [-0.25, -0.2) is 8.78 Å². The normalized spacial score (nSPS) is 20.7. The molecule has 0 bridgehead atoms. The van der Waals surface area contributed by atoms with Crippen LogP contribution in [0.25, 0.3) is 0 Å². The SMILES string of the molecule is CCNC(Cc1cccc(F)c1F)CC1CCOC1. The molecule has 0 aromatic heterocycles. The molecule has 2 unspecified atom stereocenters. The zero-order valence-electron chi connectivity index (χ0n) is 11.3. The van der Waals surface area contributed by atoms with Crippen molar-refractivity contribution in [3.8, 4) is 0 Å².